The van der Waals surface area contributed by atoms with Gasteiger partial charge in [0, 0.05) is 83.0 Å². The van der Waals surface area contributed by atoms with Crippen molar-refractivity contribution in [1.29, 1.82) is 0 Å². The van der Waals surface area contributed by atoms with Gasteiger partial charge in [0.05, 0.1) is 66.0 Å². The summed E-state index contributed by atoms with van der Waals surface area (Å²) in [5, 5.41) is 55.0. The summed E-state index contributed by atoms with van der Waals surface area (Å²) in [5.74, 6) is -3.74. The smallest absolute Gasteiger partial charge is 0.311 e. The van der Waals surface area contributed by atoms with E-state index in [0.717, 1.165) is 25.1 Å². The van der Waals surface area contributed by atoms with Crippen LogP contribution in [0.4, 0.5) is 0 Å². The Labute approximate surface area is 397 Å². The van der Waals surface area contributed by atoms with E-state index in [4.69, 9.17) is 33.2 Å². The van der Waals surface area contributed by atoms with E-state index in [-0.39, 0.29) is 43.8 Å². The highest BCUT2D eigenvalue weighted by Crippen LogP contribution is 2.40. The molecule has 0 radical (unpaired) electrons. The van der Waals surface area contributed by atoms with E-state index in [1.54, 1.807) is 33.9 Å². The fourth-order valence-corrected chi connectivity index (χ4v) is 10.3. The van der Waals surface area contributed by atoms with Gasteiger partial charge in [-0.25, -0.2) is 0 Å². The van der Waals surface area contributed by atoms with Gasteiger partial charge in [-0.1, -0.05) is 32.1 Å². The molecule has 3 saturated heterocycles. The van der Waals surface area contributed by atoms with Crippen LogP contribution in [-0.4, -0.2) is 176 Å². The van der Waals surface area contributed by atoms with Crippen molar-refractivity contribution in [3.63, 3.8) is 0 Å². The maximum Gasteiger partial charge on any atom is 0.311 e. The maximum absolute atomic E-state index is 14.4. The number of pyridine rings is 1. The van der Waals surface area contributed by atoms with Crippen molar-refractivity contribution in [3.05, 3.63) is 42.0 Å². The van der Waals surface area contributed by atoms with Crippen molar-refractivity contribution in [3.8, 4) is 0 Å². The lowest BCUT2D eigenvalue weighted by atomic mass is 9.76. The Morgan fingerprint density at radius 2 is 1.69 bits per heavy atom. The number of likely N-dealkylation sites (N-methyl/N-ethyl adjacent to an activating group) is 1. The van der Waals surface area contributed by atoms with Crippen molar-refractivity contribution < 1.29 is 63.2 Å². The summed E-state index contributed by atoms with van der Waals surface area (Å²) in [6, 6.07) is 3.61. The number of carbonyl (C=O) groups excluding carboxylic acids is 2. The van der Waals surface area contributed by atoms with Gasteiger partial charge >= 0.3 is 5.97 Å². The number of esters is 1. The average molecular weight is 948 g/mol. The molecule has 0 saturated carbocycles. The minimum Gasteiger partial charge on any atom is -0.459 e. The monoisotopic (exact) mass is 948 g/mol. The Balaban J connectivity index is 1.41. The molecular weight excluding hydrogens is 867 g/mol. The molecule has 380 valence electrons. The number of methoxy groups -OCH3 is 2. The number of cyclic esters (lactones) is 1. The summed E-state index contributed by atoms with van der Waals surface area (Å²) >= 11 is 0. The summed E-state index contributed by atoms with van der Waals surface area (Å²) in [6.07, 6.45) is -0.301. The van der Waals surface area contributed by atoms with Crippen LogP contribution in [0.3, 0.4) is 0 Å². The fourth-order valence-electron chi connectivity index (χ4n) is 10.3. The van der Waals surface area contributed by atoms with Crippen LogP contribution in [0.1, 0.15) is 112 Å². The minimum atomic E-state index is -1.97. The predicted octanol–water partition coefficient (Wildman–Crippen LogP) is 3.47. The van der Waals surface area contributed by atoms with Gasteiger partial charge in [-0.05, 0) is 92.3 Å². The van der Waals surface area contributed by atoms with Crippen LogP contribution in [0.25, 0.3) is 0 Å². The van der Waals surface area contributed by atoms with Crippen molar-refractivity contribution >= 4 is 11.8 Å². The normalized spacial score (nSPS) is 39.5. The summed E-state index contributed by atoms with van der Waals surface area (Å²) in [4.78, 5) is 34.5. The number of rotatable bonds is 16. The summed E-state index contributed by atoms with van der Waals surface area (Å²) in [5.41, 5.74) is -2.14. The van der Waals surface area contributed by atoms with Gasteiger partial charge in [-0.15, -0.1) is 5.10 Å². The minimum absolute atomic E-state index is 0.00565. The molecule has 18 nitrogen and oxygen atoms in total. The second-order valence-electron chi connectivity index (χ2n) is 20.2. The molecule has 0 unspecified atom stereocenters. The van der Waals surface area contributed by atoms with Gasteiger partial charge in [-0.2, -0.15) is 0 Å². The first-order valence-electron chi connectivity index (χ1n) is 24.2. The van der Waals surface area contributed by atoms with Crippen LogP contribution in [-0.2, 0) is 62.1 Å². The number of aromatic nitrogens is 4. The molecule has 2 aromatic rings. The Morgan fingerprint density at radius 1 is 0.970 bits per heavy atom. The van der Waals surface area contributed by atoms with E-state index in [2.05, 4.69) is 26.3 Å². The molecule has 17 atom stereocenters. The van der Waals surface area contributed by atoms with Gasteiger partial charge < -0.3 is 58.5 Å². The molecule has 3 fully saturated rings. The number of Topliss-reactive ketones (excluding diaryl/α,β-unsaturated/α-hetero) is 1. The second kappa shape index (κ2) is 23.7. The van der Waals surface area contributed by atoms with Crippen LogP contribution < -0.4 is 0 Å². The lowest BCUT2D eigenvalue weighted by Crippen LogP contribution is -2.60. The number of nitrogens with zero attached hydrogens (tertiary/aromatic N) is 5. The Morgan fingerprint density at radius 3 is 2.34 bits per heavy atom. The lowest BCUT2D eigenvalue weighted by molar-refractivity contribution is -0.303. The average Bonchev–Trinajstić information content (AvgIpc) is 3.77. The largest absolute Gasteiger partial charge is 0.459 e. The highest BCUT2D eigenvalue weighted by atomic mass is 16.7. The van der Waals surface area contributed by atoms with Crippen molar-refractivity contribution in [1.82, 2.24) is 24.9 Å². The Hall–Kier alpha value is -3.01. The third-order valence-corrected chi connectivity index (χ3v) is 15.1. The number of ketones is 1. The first kappa shape index (κ1) is 54.9. The van der Waals surface area contributed by atoms with Crippen LogP contribution in [0.15, 0.2) is 30.7 Å². The number of hydrogen-bond acceptors (Lipinski definition) is 17. The van der Waals surface area contributed by atoms with Crippen molar-refractivity contribution in [2.75, 3.05) is 34.4 Å². The molecule has 0 aromatic carbocycles. The van der Waals surface area contributed by atoms with Crippen molar-refractivity contribution in [2.24, 2.45) is 17.8 Å². The van der Waals surface area contributed by atoms with E-state index >= 15 is 0 Å². The first-order chi connectivity index (χ1) is 31.6. The fraction of sp³-hybridized carbons (Fsp3) is 0.816. The molecule has 0 amide bonds. The van der Waals surface area contributed by atoms with Crippen LogP contribution in [0.5, 0.6) is 0 Å². The molecule has 2 aromatic heterocycles. The number of aliphatic hydroxyl groups is 4. The van der Waals surface area contributed by atoms with Gasteiger partial charge in [0.15, 0.2) is 6.29 Å². The zero-order valence-corrected chi connectivity index (χ0v) is 41.9. The molecular formula is C49H81N5O13. The van der Waals surface area contributed by atoms with E-state index in [9.17, 15) is 30.0 Å². The standard InChI is InChI=1S/C49H81N5O13/c1-13-39-49(9,60)42(57)30(3)38(55)18-20-47(7,61-11)44(31(4)41(32(5)45(59)66-39)63-28-36-25-48(8,62-12)43(58)33(6)65-36)67-46-40(56)37(24-29(2)64-46)53(10)23-19-35-27-54(52-51-35)22-15-17-34-16-14-21-50-26-34/h14,16,21,26-27,29-33,36-37,39-44,46,56-58,60H,13,15,17-20,22-25,28H2,1-12H3/t29-,30+,31+,32-,33+,36-,37+,39-,40-,41+,42-,43+,44-,46+,47-,48-,49-/m1/s1. The molecule has 5 heterocycles. The first-order valence-corrected chi connectivity index (χ1v) is 24.2. The second-order valence-corrected chi connectivity index (χ2v) is 20.2. The molecule has 0 bridgehead atoms. The topological polar surface area (TPSA) is 227 Å². The quantitative estimate of drug-likeness (QED) is 0.177. The predicted molar refractivity (Wildman–Crippen MR) is 247 cm³/mol. The highest BCUT2D eigenvalue weighted by molar-refractivity contribution is 5.81. The maximum atomic E-state index is 14.4. The molecule has 67 heavy (non-hydrogen) atoms. The molecule has 3 aliphatic heterocycles. The number of hydrogen-bond donors (Lipinski definition) is 4. The SMILES string of the molecule is CC[C@H]1OC(=O)[C@H](C)[C@@H](OC[C@H]2C[C@@](C)(OC)[C@@H](O)[C@H](C)O2)[C@H](C)[C@@H](O[C@@H]2O[C@H](C)C[C@H](N(C)CCc3cn(CCCc4cccnc4)nn3)[C@H]2O)[C@](C)(OC)CCC(=O)[C@H](C)[C@@H](O)[C@]1(C)O. The lowest BCUT2D eigenvalue weighted by Gasteiger charge is -2.48. The Bertz CT molecular complexity index is 1860. The van der Waals surface area contributed by atoms with Crippen LogP contribution in [0.2, 0.25) is 0 Å². The van der Waals surface area contributed by atoms with E-state index in [1.165, 1.54) is 26.7 Å². The van der Waals surface area contributed by atoms with E-state index < -0.39 is 95.6 Å². The molecule has 18 heteroatoms. The van der Waals surface area contributed by atoms with E-state index in [1.807, 2.05) is 57.9 Å². The number of aliphatic hydroxyl groups excluding tert-OH is 3. The van der Waals surface area contributed by atoms with Gasteiger partial charge in [0.2, 0.25) is 0 Å². The molecule has 4 N–H and O–H groups in total. The third kappa shape index (κ3) is 13.2. The molecule has 0 spiro atoms. The summed E-state index contributed by atoms with van der Waals surface area (Å²) in [7, 11) is 5.00. The van der Waals surface area contributed by atoms with Crippen LogP contribution >= 0.6 is 0 Å². The zero-order chi connectivity index (χ0) is 49.4. The zero-order valence-electron chi connectivity index (χ0n) is 41.9. The van der Waals surface area contributed by atoms with Crippen molar-refractivity contribution in [2.45, 2.75) is 204 Å². The van der Waals surface area contributed by atoms with E-state index in [0.29, 0.717) is 25.8 Å². The van der Waals surface area contributed by atoms with Gasteiger partial charge in [-0.3, -0.25) is 19.3 Å². The number of carbonyl (C=O) groups is 2. The number of aryl methyl sites for hydroxylation is 2. The Kier molecular flexibility index (Phi) is 19.5. The van der Waals surface area contributed by atoms with Gasteiger partial charge in [0.1, 0.15) is 29.7 Å². The summed E-state index contributed by atoms with van der Waals surface area (Å²) < 4.78 is 46.3. The molecule has 3 aliphatic rings. The molecule has 0 aliphatic carbocycles. The summed E-state index contributed by atoms with van der Waals surface area (Å²) in [6.45, 7) is 16.8. The third-order valence-electron chi connectivity index (χ3n) is 15.1. The molecule has 5 rings (SSSR count). The number of ether oxygens (including phenoxy) is 7. The highest BCUT2D eigenvalue weighted by Gasteiger charge is 2.52. The van der Waals surface area contributed by atoms with Crippen LogP contribution in [0, 0.1) is 17.8 Å². The van der Waals surface area contributed by atoms with Gasteiger partial charge in [0.25, 0.3) is 0 Å².